The third-order valence-corrected chi connectivity index (χ3v) is 3.02. The van der Waals surface area contributed by atoms with Crippen molar-refractivity contribution in [3.8, 4) is 11.6 Å². The Balaban J connectivity index is 1.88. The molecule has 0 unspecified atom stereocenters. The van der Waals surface area contributed by atoms with Crippen LogP contribution < -0.4 is 4.74 Å². The van der Waals surface area contributed by atoms with Crippen molar-refractivity contribution < 1.29 is 9.84 Å². The number of hydrogen-bond donors (Lipinski definition) is 1. The minimum atomic E-state index is 0.149. The molecular formula is C15H15N3O2. The van der Waals surface area contributed by atoms with Gasteiger partial charge in [0.1, 0.15) is 11.3 Å². The van der Waals surface area contributed by atoms with Crippen molar-refractivity contribution in [2.75, 3.05) is 6.61 Å². The van der Waals surface area contributed by atoms with Gasteiger partial charge in [-0.2, -0.15) is 5.10 Å². The molecule has 5 nitrogen and oxygen atoms in total. The van der Waals surface area contributed by atoms with E-state index in [2.05, 4.69) is 10.1 Å². The van der Waals surface area contributed by atoms with Gasteiger partial charge in [-0.1, -0.05) is 12.1 Å². The Hall–Kier alpha value is -2.40. The Morgan fingerprint density at radius 3 is 2.80 bits per heavy atom. The summed E-state index contributed by atoms with van der Waals surface area (Å²) in [6, 6.07) is 9.56. The van der Waals surface area contributed by atoms with E-state index >= 15 is 0 Å². The molecule has 0 saturated carbocycles. The maximum Gasteiger partial charge on any atom is 0.245 e. The molecule has 0 fully saturated rings. The molecule has 0 spiro atoms. The second kappa shape index (κ2) is 5.30. The van der Waals surface area contributed by atoms with Crippen LogP contribution in [0.25, 0.3) is 5.52 Å². The van der Waals surface area contributed by atoms with E-state index in [1.807, 2.05) is 37.3 Å². The Morgan fingerprint density at radius 1 is 1.25 bits per heavy atom. The molecule has 0 saturated heterocycles. The van der Waals surface area contributed by atoms with Gasteiger partial charge in [0.25, 0.3) is 0 Å². The van der Waals surface area contributed by atoms with E-state index in [1.165, 1.54) is 0 Å². The minimum Gasteiger partial charge on any atom is -0.437 e. The summed E-state index contributed by atoms with van der Waals surface area (Å²) >= 11 is 0. The van der Waals surface area contributed by atoms with Crippen LogP contribution in [-0.2, 0) is 6.42 Å². The zero-order valence-electron chi connectivity index (χ0n) is 11.2. The molecule has 3 rings (SSSR count). The molecule has 3 aromatic rings. The molecule has 102 valence electrons. The predicted octanol–water partition coefficient (Wildman–Crippen LogP) is 2.36. The molecule has 5 heteroatoms. The van der Waals surface area contributed by atoms with Crippen molar-refractivity contribution in [1.82, 2.24) is 14.6 Å². The molecule has 0 aliphatic carbocycles. The highest BCUT2D eigenvalue weighted by atomic mass is 16.5. The fourth-order valence-corrected chi connectivity index (χ4v) is 2.06. The van der Waals surface area contributed by atoms with Crippen molar-refractivity contribution in [2.45, 2.75) is 13.3 Å². The van der Waals surface area contributed by atoms with E-state index in [0.29, 0.717) is 18.1 Å². The van der Waals surface area contributed by atoms with Gasteiger partial charge < -0.3 is 9.84 Å². The molecule has 2 aromatic heterocycles. The van der Waals surface area contributed by atoms with E-state index < -0.39 is 0 Å². The number of hydrogen-bond acceptors (Lipinski definition) is 4. The highest BCUT2D eigenvalue weighted by Crippen LogP contribution is 2.24. The Morgan fingerprint density at radius 2 is 2.05 bits per heavy atom. The van der Waals surface area contributed by atoms with E-state index in [9.17, 15) is 0 Å². The van der Waals surface area contributed by atoms with E-state index in [4.69, 9.17) is 9.84 Å². The van der Waals surface area contributed by atoms with Gasteiger partial charge >= 0.3 is 0 Å². The van der Waals surface area contributed by atoms with Gasteiger partial charge in [0.05, 0.1) is 5.69 Å². The Labute approximate surface area is 116 Å². The van der Waals surface area contributed by atoms with Crippen LogP contribution in [0.5, 0.6) is 11.6 Å². The monoisotopic (exact) mass is 269 g/mol. The second-order valence-electron chi connectivity index (χ2n) is 4.57. The summed E-state index contributed by atoms with van der Waals surface area (Å²) in [7, 11) is 0. The lowest BCUT2D eigenvalue weighted by atomic mass is 10.1. The van der Waals surface area contributed by atoms with Gasteiger partial charge in [0.2, 0.25) is 5.88 Å². The molecule has 1 N–H and O–H groups in total. The Bertz CT molecular complexity index is 720. The summed E-state index contributed by atoms with van der Waals surface area (Å²) in [6.07, 6.45) is 4.10. The van der Waals surface area contributed by atoms with Crippen LogP contribution in [0.2, 0.25) is 0 Å². The summed E-state index contributed by atoms with van der Waals surface area (Å²) in [5.41, 5.74) is 2.83. The van der Waals surface area contributed by atoms with Gasteiger partial charge in [0, 0.05) is 19.0 Å². The lowest BCUT2D eigenvalue weighted by Gasteiger charge is -2.06. The van der Waals surface area contributed by atoms with E-state index in [1.54, 1.807) is 16.9 Å². The first-order chi connectivity index (χ1) is 9.76. The number of rotatable bonds is 4. The van der Waals surface area contributed by atoms with Crippen molar-refractivity contribution in [3.63, 3.8) is 0 Å². The summed E-state index contributed by atoms with van der Waals surface area (Å²) in [6.45, 7) is 2.08. The first-order valence-electron chi connectivity index (χ1n) is 6.45. The standard InChI is InChI=1S/C15H15N3O2/c1-11-10-14-15(16-7-8-18(14)17-11)20-13-4-2-12(3-5-13)6-9-19/h2-5,7-8,10,19H,6,9H2,1H3. The number of aliphatic hydroxyl groups excluding tert-OH is 1. The van der Waals surface area contributed by atoms with E-state index in [-0.39, 0.29) is 6.61 Å². The first-order valence-corrected chi connectivity index (χ1v) is 6.45. The number of aliphatic hydroxyl groups is 1. The number of benzene rings is 1. The van der Waals surface area contributed by atoms with Crippen molar-refractivity contribution in [3.05, 3.63) is 54.0 Å². The number of nitrogens with zero attached hydrogens (tertiary/aromatic N) is 3. The van der Waals surface area contributed by atoms with Gasteiger partial charge in [-0.05, 0) is 37.1 Å². The molecule has 0 aliphatic heterocycles. The van der Waals surface area contributed by atoms with Gasteiger partial charge in [-0.25, -0.2) is 9.50 Å². The smallest absolute Gasteiger partial charge is 0.245 e. The molecular weight excluding hydrogens is 254 g/mol. The van der Waals surface area contributed by atoms with Crippen molar-refractivity contribution in [1.29, 1.82) is 0 Å². The lowest BCUT2D eigenvalue weighted by molar-refractivity contribution is 0.299. The average molecular weight is 269 g/mol. The normalized spacial score (nSPS) is 10.9. The van der Waals surface area contributed by atoms with Crippen LogP contribution in [0.15, 0.2) is 42.7 Å². The molecule has 2 heterocycles. The molecule has 0 aliphatic rings. The van der Waals surface area contributed by atoms with Crippen LogP contribution >= 0.6 is 0 Å². The third kappa shape index (κ3) is 2.48. The third-order valence-electron chi connectivity index (χ3n) is 3.02. The van der Waals surface area contributed by atoms with Crippen LogP contribution in [-0.4, -0.2) is 26.3 Å². The van der Waals surface area contributed by atoms with Crippen molar-refractivity contribution >= 4 is 5.52 Å². The van der Waals surface area contributed by atoms with Gasteiger partial charge in [-0.3, -0.25) is 0 Å². The lowest BCUT2D eigenvalue weighted by Crippen LogP contribution is -1.94. The fourth-order valence-electron chi connectivity index (χ4n) is 2.06. The average Bonchev–Trinajstić information content (AvgIpc) is 2.83. The molecule has 0 radical (unpaired) electrons. The van der Waals surface area contributed by atoms with E-state index in [0.717, 1.165) is 16.8 Å². The van der Waals surface area contributed by atoms with Crippen LogP contribution in [0.1, 0.15) is 11.3 Å². The molecule has 1 aromatic carbocycles. The molecule has 0 bridgehead atoms. The predicted molar refractivity (Wildman–Crippen MR) is 75.0 cm³/mol. The highest BCUT2D eigenvalue weighted by Gasteiger charge is 2.07. The number of ether oxygens (including phenoxy) is 1. The number of aromatic nitrogens is 3. The fraction of sp³-hybridized carbons (Fsp3) is 0.200. The zero-order valence-corrected chi connectivity index (χ0v) is 11.2. The zero-order chi connectivity index (χ0) is 13.9. The van der Waals surface area contributed by atoms with Gasteiger partial charge in [-0.15, -0.1) is 0 Å². The number of aryl methyl sites for hydroxylation is 1. The highest BCUT2D eigenvalue weighted by molar-refractivity contribution is 5.57. The molecule has 0 amide bonds. The quantitative estimate of drug-likeness (QED) is 0.790. The minimum absolute atomic E-state index is 0.149. The number of fused-ring (bicyclic) bond motifs is 1. The van der Waals surface area contributed by atoms with Crippen LogP contribution in [0.4, 0.5) is 0 Å². The first kappa shape index (κ1) is 12.6. The Kier molecular flexibility index (Phi) is 3.35. The molecule has 0 atom stereocenters. The topological polar surface area (TPSA) is 59.7 Å². The van der Waals surface area contributed by atoms with Crippen LogP contribution in [0, 0.1) is 6.92 Å². The van der Waals surface area contributed by atoms with Gasteiger partial charge in [0.15, 0.2) is 0 Å². The maximum atomic E-state index is 8.89. The van der Waals surface area contributed by atoms with Crippen LogP contribution in [0.3, 0.4) is 0 Å². The summed E-state index contributed by atoms with van der Waals surface area (Å²) in [4.78, 5) is 4.25. The maximum absolute atomic E-state index is 8.89. The summed E-state index contributed by atoms with van der Waals surface area (Å²) < 4.78 is 7.55. The largest absolute Gasteiger partial charge is 0.437 e. The summed E-state index contributed by atoms with van der Waals surface area (Å²) in [5, 5.41) is 13.2. The summed E-state index contributed by atoms with van der Waals surface area (Å²) in [5.74, 6) is 1.24. The SMILES string of the molecule is Cc1cc2c(Oc3ccc(CCO)cc3)nccn2n1. The molecule has 20 heavy (non-hydrogen) atoms. The second-order valence-corrected chi connectivity index (χ2v) is 4.57. The van der Waals surface area contributed by atoms with Crippen molar-refractivity contribution in [2.24, 2.45) is 0 Å².